The van der Waals surface area contributed by atoms with Gasteiger partial charge < -0.3 is 5.11 Å². The molecule has 3 fully saturated rings. The fourth-order valence-corrected chi connectivity index (χ4v) is 6.73. The Morgan fingerprint density at radius 2 is 1.90 bits per heavy atom. The molecule has 0 bridgehead atoms. The molecule has 6 atom stereocenters. The van der Waals surface area contributed by atoms with Crippen molar-refractivity contribution in [3.63, 3.8) is 0 Å². The van der Waals surface area contributed by atoms with Gasteiger partial charge in [-0.15, -0.1) is 0 Å². The number of rotatable bonds is 0. The maximum atomic E-state index is 10.5. The van der Waals surface area contributed by atoms with E-state index in [-0.39, 0.29) is 11.5 Å². The van der Waals surface area contributed by atoms with Crippen molar-refractivity contribution in [3.8, 4) is 0 Å². The van der Waals surface area contributed by atoms with Crippen LogP contribution in [0.15, 0.2) is 11.6 Å². The minimum absolute atomic E-state index is 0.0236. The van der Waals surface area contributed by atoms with Crippen LogP contribution in [-0.2, 0) is 0 Å². The highest BCUT2D eigenvalue weighted by Crippen LogP contribution is 2.65. The standard InChI is InChI=1S/C19H30O/c1-18-11-4-3-5-13(18)6-7-14-15-8-9-17(20)19(15,2)12-10-16(14)18/h5,14-17,20H,3-4,6-12H2,1-2H3/t14-,15-,16-,17?,18-,19-/m0/s1. The highest BCUT2D eigenvalue weighted by atomic mass is 16.3. The van der Waals surface area contributed by atoms with Gasteiger partial charge in [0.1, 0.15) is 0 Å². The summed E-state index contributed by atoms with van der Waals surface area (Å²) in [5.74, 6) is 2.61. The highest BCUT2D eigenvalue weighted by Gasteiger charge is 2.58. The fraction of sp³-hybridized carbons (Fsp3) is 0.895. The van der Waals surface area contributed by atoms with Crippen LogP contribution in [0.5, 0.6) is 0 Å². The second-order valence-electron chi connectivity index (χ2n) is 8.59. The molecule has 0 radical (unpaired) electrons. The summed E-state index contributed by atoms with van der Waals surface area (Å²) < 4.78 is 0. The van der Waals surface area contributed by atoms with E-state index in [1.54, 1.807) is 5.57 Å². The van der Waals surface area contributed by atoms with Crippen molar-refractivity contribution < 1.29 is 5.11 Å². The molecular formula is C19H30O. The zero-order valence-corrected chi connectivity index (χ0v) is 13.2. The molecule has 112 valence electrons. The molecule has 1 N–H and O–H groups in total. The minimum atomic E-state index is -0.0236. The topological polar surface area (TPSA) is 20.2 Å². The van der Waals surface area contributed by atoms with Gasteiger partial charge in [-0.2, -0.15) is 0 Å². The van der Waals surface area contributed by atoms with E-state index in [2.05, 4.69) is 19.9 Å². The highest BCUT2D eigenvalue weighted by molar-refractivity contribution is 5.23. The maximum absolute atomic E-state index is 10.5. The molecular weight excluding hydrogens is 244 g/mol. The van der Waals surface area contributed by atoms with Crippen molar-refractivity contribution in [2.75, 3.05) is 0 Å². The molecule has 0 aromatic carbocycles. The van der Waals surface area contributed by atoms with Gasteiger partial charge in [-0.1, -0.05) is 25.5 Å². The van der Waals surface area contributed by atoms with Gasteiger partial charge in [0.2, 0.25) is 0 Å². The molecule has 4 rings (SSSR count). The van der Waals surface area contributed by atoms with E-state index >= 15 is 0 Å². The Morgan fingerprint density at radius 3 is 2.75 bits per heavy atom. The van der Waals surface area contributed by atoms with Gasteiger partial charge in [-0.3, -0.25) is 0 Å². The summed E-state index contributed by atoms with van der Waals surface area (Å²) in [4.78, 5) is 0. The number of hydrogen-bond acceptors (Lipinski definition) is 1. The lowest BCUT2D eigenvalue weighted by atomic mass is 9.47. The molecule has 0 amide bonds. The molecule has 3 saturated carbocycles. The summed E-state index contributed by atoms with van der Waals surface area (Å²) in [7, 11) is 0. The molecule has 0 aliphatic heterocycles. The fourth-order valence-electron chi connectivity index (χ4n) is 6.73. The third-order valence-electron chi connectivity index (χ3n) is 7.98. The van der Waals surface area contributed by atoms with Gasteiger partial charge >= 0.3 is 0 Å². The molecule has 4 aliphatic rings. The summed E-state index contributed by atoms with van der Waals surface area (Å²) in [6, 6.07) is 0. The summed E-state index contributed by atoms with van der Waals surface area (Å²) >= 11 is 0. The molecule has 0 saturated heterocycles. The van der Waals surface area contributed by atoms with Crippen LogP contribution in [0, 0.1) is 28.6 Å². The van der Waals surface area contributed by atoms with Crippen LogP contribution in [0.2, 0.25) is 0 Å². The van der Waals surface area contributed by atoms with E-state index in [9.17, 15) is 5.11 Å². The van der Waals surface area contributed by atoms with Crippen molar-refractivity contribution in [2.45, 2.75) is 77.7 Å². The maximum Gasteiger partial charge on any atom is 0.0596 e. The zero-order valence-electron chi connectivity index (χ0n) is 13.2. The Kier molecular flexibility index (Phi) is 2.91. The monoisotopic (exact) mass is 274 g/mol. The smallest absolute Gasteiger partial charge is 0.0596 e. The minimum Gasteiger partial charge on any atom is -0.393 e. The molecule has 20 heavy (non-hydrogen) atoms. The van der Waals surface area contributed by atoms with E-state index in [1.807, 2.05) is 0 Å². The van der Waals surface area contributed by atoms with Gasteiger partial charge in [0.15, 0.2) is 0 Å². The van der Waals surface area contributed by atoms with Crippen LogP contribution in [0.25, 0.3) is 0 Å². The largest absolute Gasteiger partial charge is 0.393 e. The van der Waals surface area contributed by atoms with E-state index in [0.717, 1.165) is 24.2 Å². The second-order valence-corrected chi connectivity index (χ2v) is 8.59. The second kappa shape index (κ2) is 4.35. The van der Waals surface area contributed by atoms with Crippen LogP contribution in [-0.4, -0.2) is 11.2 Å². The Balaban J connectivity index is 1.68. The van der Waals surface area contributed by atoms with Gasteiger partial charge in [-0.05, 0) is 86.4 Å². The van der Waals surface area contributed by atoms with Crippen LogP contribution in [0.4, 0.5) is 0 Å². The van der Waals surface area contributed by atoms with Gasteiger partial charge in [-0.25, -0.2) is 0 Å². The number of fused-ring (bicyclic) bond motifs is 5. The van der Waals surface area contributed by atoms with Crippen molar-refractivity contribution in [1.82, 2.24) is 0 Å². The number of aliphatic hydroxyl groups excluding tert-OH is 1. The Labute approximate surface area is 123 Å². The van der Waals surface area contributed by atoms with Gasteiger partial charge in [0, 0.05) is 0 Å². The zero-order chi connectivity index (χ0) is 14.0. The van der Waals surface area contributed by atoms with Crippen LogP contribution in [0.3, 0.4) is 0 Å². The normalized spacial score (nSPS) is 54.6. The quantitative estimate of drug-likeness (QED) is 0.635. The summed E-state index contributed by atoms with van der Waals surface area (Å²) in [6.07, 6.45) is 14.4. The van der Waals surface area contributed by atoms with E-state index in [0.29, 0.717) is 5.41 Å². The molecule has 0 heterocycles. The first-order chi connectivity index (χ1) is 9.56. The summed E-state index contributed by atoms with van der Waals surface area (Å²) in [6.45, 7) is 4.96. The Bertz CT molecular complexity index is 439. The first-order valence-electron chi connectivity index (χ1n) is 8.93. The molecule has 0 aromatic heterocycles. The van der Waals surface area contributed by atoms with Crippen molar-refractivity contribution in [1.29, 1.82) is 0 Å². The average Bonchev–Trinajstić information content (AvgIpc) is 2.74. The van der Waals surface area contributed by atoms with Crippen molar-refractivity contribution >= 4 is 0 Å². The lowest BCUT2D eigenvalue weighted by Crippen LogP contribution is -2.50. The van der Waals surface area contributed by atoms with Gasteiger partial charge in [0.25, 0.3) is 0 Å². The van der Waals surface area contributed by atoms with Crippen LogP contribution >= 0.6 is 0 Å². The first-order valence-corrected chi connectivity index (χ1v) is 8.93. The Morgan fingerprint density at radius 1 is 1.05 bits per heavy atom. The number of hydrogen-bond donors (Lipinski definition) is 1. The van der Waals surface area contributed by atoms with E-state index in [4.69, 9.17) is 0 Å². The summed E-state index contributed by atoms with van der Waals surface area (Å²) in [5.41, 5.74) is 2.55. The number of aliphatic hydroxyl groups is 1. The molecule has 1 nitrogen and oxygen atoms in total. The van der Waals surface area contributed by atoms with Gasteiger partial charge in [0.05, 0.1) is 6.10 Å². The molecule has 4 aliphatic carbocycles. The van der Waals surface area contributed by atoms with Crippen molar-refractivity contribution in [2.24, 2.45) is 28.6 Å². The summed E-state index contributed by atoms with van der Waals surface area (Å²) in [5, 5.41) is 10.5. The van der Waals surface area contributed by atoms with E-state index < -0.39 is 0 Å². The molecule has 0 aromatic rings. The molecule has 1 unspecified atom stereocenters. The van der Waals surface area contributed by atoms with E-state index in [1.165, 1.54) is 51.4 Å². The first kappa shape index (κ1) is 13.4. The lowest BCUT2D eigenvalue weighted by Gasteiger charge is -2.57. The predicted octanol–water partition coefficient (Wildman–Crippen LogP) is 4.70. The predicted molar refractivity (Wildman–Crippen MR) is 82.3 cm³/mol. The number of allylic oxidation sites excluding steroid dienone is 2. The third-order valence-corrected chi connectivity index (χ3v) is 7.98. The Hall–Kier alpha value is -0.300. The SMILES string of the molecule is C[C@]12CCCC=C1CC[C@@H]1[C@@H]2CC[C@]2(C)C(O)CC[C@@H]12. The average molecular weight is 274 g/mol. The van der Waals surface area contributed by atoms with Crippen molar-refractivity contribution in [3.05, 3.63) is 11.6 Å². The molecule has 0 spiro atoms. The van der Waals surface area contributed by atoms with Crippen LogP contribution in [0.1, 0.15) is 71.6 Å². The molecule has 1 heteroatoms. The lowest BCUT2D eigenvalue weighted by molar-refractivity contribution is -0.0736. The van der Waals surface area contributed by atoms with Crippen LogP contribution < -0.4 is 0 Å². The third kappa shape index (κ3) is 1.59.